The van der Waals surface area contributed by atoms with Gasteiger partial charge in [0.05, 0.1) is 13.2 Å². The number of cyclic esters (lactones) is 1. The Morgan fingerprint density at radius 3 is 3.10 bits per heavy atom. The van der Waals surface area contributed by atoms with Gasteiger partial charge in [0.15, 0.2) is 0 Å². The van der Waals surface area contributed by atoms with Crippen molar-refractivity contribution in [3.8, 4) is 0 Å². The van der Waals surface area contributed by atoms with Crippen LogP contribution in [-0.4, -0.2) is 65.8 Å². The monoisotopic (exact) mass is 294 g/mol. The van der Waals surface area contributed by atoms with Crippen LogP contribution in [0.1, 0.15) is 12.8 Å². The molecule has 0 N–H and O–H groups in total. The fourth-order valence-electron chi connectivity index (χ4n) is 3.11. The Kier molecular flexibility index (Phi) is 4.01. The van der Waals surface area contributed by atoms with E-state index in [9.17, 15) is 9.18 Å². The number of nitrogens with zero attached hydrogens (tertiary/aromatic N) is 4. The van der Waals surface area contributed by atoms with Crippen LogP contribution in [0.4, 0.5) is 10.2 Å². The molecular formula is C14H19FN4O2. The molecule has 1 aromatic heterocycles. The molecule has 0 aromatic carbocycles. The van der Waals surface area contributed by atoms with Crippen molar-refractivity contribution in [3.05, 3.63) is 18.6 Å². The molecule has 6 nitrogen and oxygen atoms in total. The van der Waals surface area contributed by atoms with Crippen molar-refractivity contribution >= 4 is 11.8 Å². The number of esters is 1. The van der Waals surface area contributed by atoms with E-state index in [0.29, 0.717) is 32.5 Å². The minimum Gasteiger partial charge on any atom is -0.464 e. The lowest BCUT2D eigenvalue weighted by Crippen LogP contribution is -2.44. The van der Waals surface area contributed by atoms with E-state index in [1.54, 1.807) is 12.3 Å². The minimum absolute atomic E-state index is 0.00769. The molecule has 114 valence electrons. The van der Waals surface area contributed by atoms with Crippen LogP contribution < -0.4 is 4.90 Å². The fraction of sp³-hybridized carbons (Fsp3) is 0.643. The Bertz CT molecular complexity index is 501. The van der Waals surface area contributed by atoms with Crippen LogP contribution in [0.25, 0.3) is 0 Å². The number of carbonyl (C=O) groups is 1. The first-order chi connectivity index (χ1) is 10.1. The molecule has 3 rings (SSSR count). The van der Waals surface area contributed by atoms with Gasteiger partial charge in [-0.3, -0.25) is 9.69 Å². The number of alkyl halides is 1. The topological polar surface area (TPSA) is 58.6 Å². The van der Waals surface area contributed by atoms with E-state index in [0.717, 1.165) is 5.82 Å². The van der Waals surface area contributed by atoms with Gasteiger partial charge in [0.25, 0.3) is 0 Å². The minimum atomic E-state index is -0.867. The van der Waals surface area contributed by atoms with Crippen molar-refractivity contribution in [2.75, 3.05) is 31.6 Å². The fourth-order valence-corrected chi connectivity index (χ4v) is 3.11. The molecule has 0 amide bonds. The maximum atomic E-state index is 13.8. The van der Waals surface area contributed by atoms with Crippen LogP contribution in [0.3, 0.4) is 0 Å². The Balaban J connectivity index is 1.69. The summed E-state index contributed by atoms with van der Waals surface area (Å²) in [4.78, 5) is 23.7. The van der Waals surface area contributed by atoms with E-state index in [4.69, 9.17) is 4.74 Å². The number of likely N-dealkylation sites (N-methyl/N-ethyl adjacent to an activating group) is 1. The summed E-state index contributed by atoms with van der Waals surface area (Å²) in [5.74, 6) is 0.554. The van der Waals surface area contributed by atoms with Crippen LogP contribution in [0.5, 0.6) is 0 Å². The van der Waals surface area contributed by atoms with Crippen molar-refractivity contribution in [1.82, 2.24) is 14.9 Å². The Labute approximate surface area is 122 Å². The molecule has 2 aliphatic rings. The average molecular weight is 294 g/mol. The number of aromatic nitrogens is 2. The molecule has 0 radical (unpaired) electrons. The highest BCUT2D eigenvalue weighted by Gasteiger charge is 2.37. The molecule has 0 spiro atoms. The highest BCUT2D eigenvalue weighted by atomic mass is 19.1. The molecule has 0 bridgehead atoms. The van der Waals surface area contributed by atoms with E-state index >= 15 is 0 Å². The summed E-state index contributed by atoms with van der Waals surface area (Å²) >= 11 is 0. The van der Waals surface area contributed by atoms with E-state index in [-0.39, 0.29) is 18.1 Å². The van der Waals surface area contributed by atoms with Crippen LogP contribution in [-0.2, 0) is 9.53 Å². The van der Waals surface area contributed by atoms with Crippen LogP contribution in [0.2, 0.25) is 0 Å². The maximum absolute atomic E-state index is 13.8. The molecule has 2 aliphatic heterocycles. The third-order valence-corrected chi connectivity index (χ3v) is 4.16. The highest BCUT2D eigenvalue weighted by molar-refractivity contribution is 5.77. The third-order valence-electron chi connectivity index (χ3n) is 4.16. The predicted molar refractivity (Wildman–Crippen MR) is 74.7 cm³/mol. The number of hydrogen-bond acceptors (Lipinski definition) is 6. The highest BCUT2D eigenvalue weighted by Crippen LogP contribution is 2.26. The second-order valence-electron chi connectivity index (χ2n) is 5.62. The van der Waals surface area contributed by atoms with Crippen molar-refractivity contribution in [3.63, 3.8) is 0 Å². The summed E-state index contributed by atoms with van der Waals surface area (Å²) in [7, 11) is 1.89. The van der Waals surface area contributed by atoms with Gasteiger partial charge in [-0.05, 0) is 13.1 Å². The predicted octanol–water partition coefficient (Wildman–Crippen LogP) is 0.641. The Morgan fingerprint density at radius 1 is 1.57 bits per heavy atom. The molecule has 21 heavy (non-hydrogen) atoms. The SMILES string of the molecule is CN(C[C@@H]1C[C@H](F)CN1c1ccncn1)[C@H]1CCOC1=O. The van der Waals surface area contributed by atoms with Gasteiger partial charge in [0.1, 0.15) is 24.4 Å². The number of anilines is 1. The van der Waals surface area contributed by atoms with Gasteiger partial charge < -0.3 is 9.64 Å². The average Bonchev–Trinajstić information content (AvgIpc) is 3.06. The van der Waals surface area contributed by atoms with Gasteiger partial charge in [-0.25, -0.2) is 14.4 Å². The number of rotatable bonds is 4. The van der Waals surface area contributed by atoms with E-state index in [1.165, 1.54) is 6.33 Å². The van der Waals surface area contributed by atoms with Gasteiger partial charge in [0, 0.05) is 31.6 Å². The van der Waals surface area contributed by atoms with Crippen molar-refractivity contribution in [1.29, 1.82) is 0 Å². The van der Waals surface area contributed by atoms with Crippen LogP contribution >= 0.6 is 0 Å². The van der Waals surface area contributed by atoms with Crippen molar-refractivity contribution in [2.45, 2.75) is 31.1 Å². The van der Waals surface area contributed by atoms with Gasteiger partial charge in [-0.1, -0.05) is 0 Å². The molecule has 7 heteroatoms. The van der Waals surface area contributed by atoms with Gasteiger partial charge in [0.2, 0.25) is 0 Å². The summed E-state index contributed by atoms with van der Waals surface area (Å²) < 4.78 is 18.8. The van der Waals surface area contributed by atoms with Gasteiger partial charge in [-0.15, -0.1) is 0 Å². The summed E-state index contributed by atoms with van der Waals surface area (Å²) in [5.41, 5.74) is 0. The first-order valence-electron chi connectivity index (χ1n) is 7.18. The summed E-state index contributed by atoms with van der Waals surface area (Å²) in [6, 6.07) is 1.58. The van der Waals surface area contributed by atoms with E-state index < -0.39 is 6.17 Å². The number of halogens is 1. The molecule has 0 unspecified atom stereocenters. The van der Waals surface area contributed by atoms with Gasteiger partial charge in [-0.2, -0.15) is 0 Å². The molecule has 2 fully saturated rings. The Morgan fingerprint density at radius 2 is 2.43 bits per heavy atom. The number of ether oxygens (including phenoxy) is 1. The molecular weight excluding hydrogens is 275 g/mol. The van der Waals surface area contributed by atoms with E-state index in [2.05, 4.69) is 9.97 Å². The zero-order chi connectivity index (χ0) is 14.8. The normalized spacial score (nSPS) is 29.2. The van der Waals surface area contributed by atoms with Crippen LogP contribution in [0.15, 0.2) is 18.6 Å². The Hall–Kier alpha value is -1.76. The third kappa shape index (κ3) is 2.97. The largest absolute Gasteiger partial charge is 0.464 e. The smallest absolute Gasteiger partial charge is 0.323 e. The molecule has 2 saturated heterocycles. The standard InChI is InChI=1S/C14H19FN4O2/c1-18(12-3-5-21-14(12)20)8-11-6-10(15)7-19(11)13-2-4-16-9-17-13/h2,4,9-12H,3,5-8H2,1H3/t10-,11-,12-/m0/s1. The molecule has 3 atom stereocenters. The second-order valence-corrected chi connectivity index (χ2v) is 5.62. The first kappa shape index (κ1) is 14.2. The molecule has 0 saturated carbocycles. The lowest BCUT2D eigenvalue weighted by molar-refractivity contribution is -0.142. The van der Waals surface area contributed by atoms with E-state index in [1.807, 2.05) is 16.8 Å². The number of hydrogen-bond donors (Lipinski definition) is 0. The maximum Gasteiger partial charge on any atom is 0.323 e. The molecule has 3 heterocycles. The van der Waals surface area contributed by atoms with Crippen molar-refractivity contribution in [2.24, 2.45) is 0 Å². The quantitative estimate of drug-likeness (QED) is 0.760. The first-order valence-corrected chi connectivity index (χ1v) is 7.18. The zero-order valence-corrected chi connectivity index (χ0v) is 12.0. The summed E-state index contributed by atoms with van der Waals surface area (Å²) in [5, 5.41) is 0. The zero-order valence-electron chi connectivity index (χ0n) is 12.0. The summed E-state index contributed by atoms with van der Waals surface area (Å²) in [6.07, 6.45) is 3.41. The van der Waals surface area contributed by atoms with Crippen molar-refractivity contribution < 1.29 is 13.9 Å². The lowest BCUT2D eigenvalue weighted by atomic mass is 10.1. The van der Waals surface area contributed by atoms with Gasteiger partial charge >= 0.3 is 5.97 Å². The molecule has 0 aliphatic carbocycles. The van der Waals surface area contributed by atoms with Crippen LogP contribution in [0, 0.1) is 0 Å². The number of carbonyl (C=O) groups excluding carboxylic acids is 1. The summed E-state index contributed by atoms with van der Waals surface area (Å²) in [6.45, 7) is 1.43. The lowest BCUT2D eigenvalue weighted by Gasteiger charge is -2.30. The second kappa shape index (κ2) is 5.93. The molecule has 1 aromatic rings.